The second kappa shape index (κ2) is 25.9. The van der Waals surface area contributed by atoms with Crippen molar-refractivity contribution in [1.82, 2.24) is 49.7 Å². The molecule has 0 saturated carbocycles. The van der Waals surface area contributed by atoms with Crippen molar-refractivity contribution in [3.05, 3.63) is 109 Å². The molecule has 21 nitrogen and oxygen atoms in total. The van der Waals surface area contributed by atoms with E-state index >= 15 is 0 Å². The number of fused-ring (bicyclic) bond motifs is 4. The molecule has 2 aliphatic rings. The Morgan fingerprint density at radius 2 is 0.687 bits per heavy atom. The molecule has 0 spiro atoms. The molecular formula is C62H70N12O9. The number of hydrogen-bond donors (Lipinski definition) is 6. The smallest absolute Gasteiger partial charge is 0.149 e. The van der Waals surface area contributed by atoms with Crippen LogP contribution in [0.15, 0.2) is 109 Å². The fourth-order valence-corrected chi connectivity index (χ4v) is 10.4. The highest BCUT2D eigenvalue weighted by Crippen LogP contribution is 2.36. The molecule has 12 rings (SSSR count). The lowest BCUT2D eigenvalue weighted by molar-refractivity contribution is -0.0141. The van der Waals surface area contributed by atoms with Gasteiger partial charge < -0.3 is 82.9 Å². The van der Waals surface area contributed by atoms with Gasteiger partial charge in [0.15, 0.2) is 0 Å². The number of nitrogens with zero attached hydrogens (tertiary/aromatic N) is 8. The number of benzene rings is 6. The maximum Gasteiger partial charge on any atom is 0.149 e. The fourth-order valence-electron chi connectivity index (χ4n) is 10.4. The van der Waals surface area contributed by atoms with Crippen LogP contribution in [-0.4, -0.2) is 206 Å². The summed E-state index contributed by atoms with van der Waals surface area (Å²) in [6.07, 6.45) is 0. The van der Waals surface area contributed by atoms with Gasteiger partial charge in [0.05, 0.1) is 99.2 Å². The summed E-state index contributed by atoms with van der Waals surface area (Å²) >= 11 is 0. The molecule has 2 saturated heterocycles. The van der Waals surface area contributed by atoms with Gasteiger partial charge in [0.2, 0.25) is 0 Å². The first kappa shape index (κ1) is 55.3. The zero-order valence-electron chi connectivity index (χ0n) is 46.9. The number of ether oxygens (including phenoxy) is 7. The number of phenolic OH excluding ortho intramolecular Hbond substituents is 2. The highest BCUT2D eigenvalue weighted by molar-refractivity contribution is 5.92. The third-order valence-corrected chi connectivity index (χ3v) is 15.1. The summed E-state index contributed by atoms with van der Waals surface area (Å²) in [5.74, 6) is 4.74. The molecule has 0 radical (unpaired) electrons. The molecule has 2 fully saturated rings. The van der Waals surface area contributed by atoms with Gasteiger partial charge in [0.25, 0.3) is 0 Å². The van der Waals surface area contributed by atoms with Crippen molar-refractivity contribution in [3.63, 3.8) is 0 Å². The van der Waals surface area contributed by atoms with Crippen molar-refractivity contribution in [2.75, 3.05) is 156 Å². The van der Waals surface area contributed by atoms with Crippen LogP contribution in [0.3, 0.4) is 0 Å². The number of aromatic nitrogens is 8. The Hall–Kier alpha value is -8.28. The number of aromatic hydroxyl groups is 2. The zero-order valence-corrected chi connectivity index (χ0v) is 46.9. The number of aromatic amines is 4. The minimum absolute atomic E-state index is 0.212. The summed E-state index contributed by atoms with van der Waals surface area (Å²) in [5.41, 5.74) is 12.5. The lowest BCUT2D eigenvalue weighted by Crippen LogP contribution is -2.44. The van der Waals surface area contributed by atoms with Crippen LogP contribution in [0.4, 0.5) is 11.4 Å². The van der Waals surface area contributed by atoms with E-state index in [1.54, 1.807) is 24.3 Å². The van der Waals surface area contributed by atoms with E-state index < -0.39 is 0 Å². The molecule has 0 amide bonds. The Morgan fingerprint density at radius 1 is 0.361 bits per heavy atom. The zero-order chi connectivity index (χ0) is 56.5. The van der Waals surface area contributed by atoms with E-state index in [2.05, 4.69) is 77.9 Å². The van der Waals surface area contributed by atoms with Gasteiger partial charge in [0.1, 0.15) is 70.5 Å². The van der Waals surface area contributed by atoms with Crippen molar-refractivity contribution in [2.24, 2.45) is 0 Å². The molecule has 0 aliphatic carbocycles. The molecule has 6 heterocycles. The molecular weight excluding hydrogens is 1060 g/mol. The van der Waals surface area contributed by atoms with Crippen LogP contribution >= 0.6 is 0 Å². The van der Waals surface area contributed by atoms with E-state index in [1.807, 2.05) is 60.7 Å². The Morgan fingerprint density at radius 3 is 1.06 bits per heavy atom. The highest BCUT2D eigenvalue weighted by Gasteiger charge is 2.22. The van der Waals surface area contributed by atoms with E-state index in [0.717, 1.165) is 153 Å². The summed E-state index contributed by atoms with van der Waals surface area (Å²) in [4.78, 5) is 43.0. The second-order valence-corrected chi connectivity index (χ2v) is 20.9. The quantitative estimate of drug-likeness (QED) is 0.0280. The van der Waals surface area contributed by atoms with Crippen LogP contribution in [0, 0.1) is 0 Å². The van der Waals surface area contributed by atoms with Crippen LogP contribution < -0.4 is 19.3 Å². The number of imidazole rings is 4. The highest BCUT2D eigenvalue weighted by atomic mass is 16.6. The van der Waals surface area contributed by atoms with Gasteiger partial charge in [-0.15, -0.1) is 0 Å². The molecule has 2 aliphatic heterocycles. The monoisotopic (exact) mass is 1130 g/mol. The fraction of sp³-hybridized carbons (Fsp3) is 0.355. The van der Waals surface area contributed by atoms with Crippen molar-refractivity contribution in [1.29, 1.82) is 0 Å². The third-order valence-electron chi connectivity index (χ3n) is 15.1. The normalized spacial score (nSPS) is 14.5. The lowest BCUT2D eigenvalue weighted by atomic mass is 10.2. The van der Waals surface area contributed by atoms with Gasteiger partial charge in [-0.1, -0.05) is 0 Å². The van der Waals surface area contributed by atoms with E-state index in [0.29, 0.717) is 90.8 Å². The van der Waals surface area contributed by atoms with E-state index in [-0.39, 0.29) is 11.5 Å². The maximum absolute atomic E-state index is 9.75. The standard InChI is InChI=1S/C62H70N12O9/c1-71-15-19-73(20-16-71)45-37-53-57(69-61(67-53)43-7-13-49-51(35-43)65-59(63-49)41-3-9-47(75)10-4-41)55(39-45)82-33-31-80-29-27-78-25-23-77-24-26-79-28-30-81-32-34-83-56-40-46(74-21-17-72(2)18-22-74)38-54-58(56)70-62(68-54)44-8-14-50-52(36-44)66-60(64-50)42-5-11-48(76)12-6-42/h3-14,35-40,75-76H,15-34H2,1-2H3,(H,63,65)(H,64,66)(H,67,69)(H,68,70). The first-order valence-corrected chi connectivity index (χ1v) is 28.4. The van der Waals surface area contributed by atoms with Crippen molar-refractivity contribution in [2.45, 2.75) is 0 Å². The average molecular weight is 1130 g/mol. The van der Waals surface area contributed by atoms with E-state index in [4.69, 9.17) is 53.1 Å². The first-order valence-electron chi connectivity index (χ1n) is 28.4. The van der Waals surface area contributed by atoms with Gasteiger partial charge in [-0.25, -0.2) is 19.9 Å². The predicted molar refractivity (Wildman–Crippen MR) is 321 cm³/mol. The average Bonchev–Trinajstić information content (AvgIpc) is 3.74. The number of hydrogen-bond acceptors (Lipinski definition) is 17. The van der Waals surface area contributed by atoms with Crippen molar-refractivity contribution >= 4 is 55.5 Å². The van der Waals surface area contributed by atoms with E-state index in [9.17, 15) is 10.2 Å². The molecule has 0 atom stereocenters. The van der Waals surface area contributed by atoms with Crippen molar-refractivity contribution in [3.8, 4) is 68.5 Å². The largest absolute Gasteiger partial charge is 0.508 e. The van der Waals surface area contributed by atoms with Crippen LogP contribution in [0.5, 0.6) is 23.0 Å². The number of piperazine rings is 2. The summed E-state index contributed by atoms with van der Waals surface area (Å²) in [6.45, 7) is 12.7. The number of rotatable bonds is 26. The number of likely N-dealkylation sites (N-methyl/N-ethyl adjacent to an activating group) is 2. The molecule has 0 unspecified atom stereocenters. The SMILES string of the molecule is CN1CCN(c2cc(OCCOCCOCCOCCOCCOCCOc3cc(N4CCN(C)CC4)cc4[nH]c(-c5ccc6nc(-c7ccc(O)cc7)[nH]c6c5)nc34)c3nc(-c4ccc5nc(-c6ccc(O)cc6)[nH]c5c4)[nH]c3c2)CC1. The molecule has 432 valence electrons. The Bertz CT molecular complexity index is 3510. The molecule has 6 N–H and O–H groups in total. The second-order valence-electron chi connectivity index (χ2n) is 20.9. The Labute approximate surface area is 480 Å². The number of H-pyrrole nitrogens is 4. The third kappa shape index (κ3) is 13.5. The maximum atomic E-state index is 9.75. The van der Waals surface area contributed by atoms with Crippen LogP contribution in [0.2, 0.25) is 0 Å². The van der Waals surface area contributed by atoms with Crippen LogP contribution in [0.25, 0.3) is 89.7 Å². The predicted octanol–water partition coefficient (Wildman–Crippen LogP) is 8.32. The molecule has 6 aromatic carbocycles. The Balaban J connectivity index is 0.547. The van der Waals surface area contributed by atoms with Gasteiger partial charge in [-0.05, 0) is 111 Å². The first-order chi connectivity index (χ1) is 40.7. The Kier molecular flexibility index (Phi) is 17.2. The van der Waals surface area contributed by atoms with Gasteiger partial charge in [-0.3, -0.25) is 0 Å². The summed E-state index contributed by atoms with van der Waals surface area (Å²) in [7, 11) is 4.31. The number of nitrogens with one attached hydrogen (secondary N) is 4. The van der Waals surface area contributed by atoms with Crippen LogP contribution in [0.1, 0.15) is 0 Å². The minimum Gasteiger partial charge on any atom is -0.508 e. The summed E-state index contributed by atoms with van der Waals surface area (Å²) in [6, 6.07) is 34.6. The molecule has 0 bridgehead atoms. The van der Waals surface area contributed by atoms with Crippen LogP contribution in [-0.2, 0) is 23.7 Å². The van der Waals surface area contributed by atoms with Crippen molar-refractivity contribution < 1.29 is 43.4 Å². The topological polar surface area (TPSA) is 233 Å². The number of anilines is 2. The number of phenols is 2. The molecule has 10 aromatic rings. The molecule has 83 heavy (non-hydrogen) atoms. The van der Waals surface area contributed by atoms with E-state index in [1.165, 1.54) is 0 Å². The molecule has 4 aromatic heterocycles. The minimum atomic E-state index is 0.212. The lowest BCUT2D eigenvalue weighted by Gasteiger charge is -2.34. The summed E-state index contributed by atoms with van der Waals surface area (Å²) < 4.78 is 41.8. The summed E-state index contributed by atoms with van der Waals surface area (Å²) in [5, 5.41) is 19.5. The van der Waals surface area contributed by atoms with Gasteiger partial charge >= 0.3 is 0 Å². The molecule has 21 heteroatoms. The van der Waals surface area contributed by atoms with Gasteiger partial charge in [-0.2, -0.15) is 0 Å². The van der Waals surface area contributed by atoms with Gasteiger partial charge in [0, 0.05) is 98.1 Å².